The minimum atomic E-state index is -4.36. The number of para-hydroxylation sites is 1. The van der Waals surface area contributed by atoms with Crippen molar-refractivity contribution in [2.75, 3.05) is 32.7 Å². The molecular formula is C27H31F3N4O3S. The second kappa shape index (κ2) is 10.3. The number of halogens is 3. The average Bonchev–Trinajstić information content (AvgIpc) is 3.45. The molecule has 5 rings (SSSR count). The van der Waals surface area contributed by atoms with Gasteiger partial charge in [0.15, 0.2) is 0 Å². The molecule has 2 aliphatic rings. The summed E-state index contributed by atoms with van der Waals surface area (Å²) in [6.45, 7) is 6.74. The van der Waals surface area contributed by atoms with Crippen molar-refractivity contribution < 1.29 is 27.9 Å². The SMILES string of the molecule is C[C@@H]1CN(CC(=O)N2CCc3c(n(Cc4ccc(C(F)(F)F)s4)c4ccccc34)C2)C[C@H](C)N1CC(=O)O. The Kier molecular flexibility index (Phi) is 7.27. The molecule has 38 heavy (non-hydrogen) atoms. The van der Waals surface area contributed by atoms with Crippen LogP contribution in [-0.2, 0) is 35.3 Å². The molecule has 3 aromatic rings. The lowest BCUT2D eigenvalue weighted by Crippen LogP contribution is -2.59. The third kappa shape index (κ3) is 5.32. The number of alkyl halides is 3. The van der Waals surface area contributed by atoms with Gasteiger partial charge in [0.2, 0.25) is 5.91 Å². The summed E-state index contributed by atoms with van der Waals surface area (Å²) in [6.07, 6.45) is -3.68. The molecule has 2 atom stereocenters. The summed E-state index contributed by atoms with van der Waals surface area (Å²) in [5.74, 6) is -0.848. The van der Waals surface area contributed by atoms with Crippen LogP contribution in [0.1, 0.15) is 34.9 Å². The molecule has 2 aromatic heterocycles. The third-order valence-electron chi connectivity index (χ3n) is 7.63. The van der Waals surface area contributed by atoms with Crippen molar-refractivity contribution in [1.82, 2.24) is 19.3 Å². The first kappa shape index (κ1) is 26.7. The van der Waals surface area contributed by atoms with Gasteiger partial charge in [0, 0.05) is 53.2 Å². The molecule has 0 saturated carbocycles. The zero-order valence-electron chi connectivity index (χ0n) is 21.4. The Bertz CT molecular complexity index is 1340. The Morgan fingerprint density at radius 2 is 1.76 bits per heavy atom. The molecule has 204 valence electrons. The molecule has 11 heteroatoms. The van der Waals surface area contributed by atoms with Gasteiger partial charge in [-0.15, -0.1) is 11.3 Å². The van der Waals surface area contributed by atoms with Crippen LogP contribution in [0.2, 0.25) is 0 Å². The van der Waals surface area contributed by atoms with Gasteiger partial charge in [0.25, 0.3) is 0 Å². The topological polar surface area (TPSA) is 69.0 Å². The zero-order valence-corrected chi connectivity index (χ0v) is 22.2. The summed E-state index contributed by atoms with van der Waals surface area (Å²) in [6, 6.07) is 10.6. The van der Waals surface area contributed by atoms with Crippen LogP contribution in [0.5, 0.6) is 0 Å². The summed E-state index contributed by atoms with van der Waals surface area (Å²) in [7, 11) is 0. The van der Waals surface area contributed by atoms with E-state index < -0.39 is 17.0 Å². The van der Waals surface area contributed by atoms with E-state index in [1.165, 1.54) is 6.07 Å². The highest BCUT2D eigenvalue weighted by atomic mass is 32.1. The van der Waals surface area contributed by atoms with Crippen molar-refractivity contribution >= 4 is 34.1 Å². The lowest BCUT2D eigenvalue weighted by molar-refractivity contribution is -0.142. The summed E-state index contributed by atoms with van der Waals surface area (Å²) < 4.78 is 41.6. The summed E-state index contributed by atoms with van der Waals surface area (Å²) in [5, 5.41) is 10.3. The second-order valence-electron chi connectivity index (χ2n) is 10.3. The van der Waals surface area contributed by atoms with E-state index in [4.69, 9.17) is 0 Å². The van der Waals surface area contributed by atoms with Crippen molar-refractivity contribution in [3.05, 3.63) is 57.4 Å². The Hall–Kier alpha value is -2.89. The van der Waals surface area contributed by atoms with Crippen LogP contribution in [0.25, 0.3) is 10.9 Å². The van der Waals surface area contributed by atoms with Crippen LogP contribution in [0.3, 0.4) is 0 Å². The Balaban J connectivity index is 1.34. The molecule has 0 aliphatic carbocycles. The highest BCUT2D eigenvalue weighted by molar-refractivity contribution is 7.12. The predicted octanol–water partition coefficient (Wildman–Crippen LogP) is 4.13. The molecule has 0 spiro atoms. The number of rotatable bonds is 6. The lowest BCUT2D eigenvalue weighted by atomic mass is 10.0. The first-order chi connectivity index (χ1) is 18.0. The fraction of sp³-hybridized carbons (Fsp3) is 0.481. The summed E-state index contributed by atoms with van der Waals surface area (Å²) in [4.78, 5) is 30.5. The normalized spacial score (nSPS) is 21.1. The monoisotopic (exact) mass is 548 g/mol. The van der Waals surface area contributed by atoms with E-state index in [-0.39, 0.29) is 31.1 Å². The number of amides is 1. The van der Waals surface area contributed by atoms with E-state index in [1.54, 1.807) is 0 Å². The van der Waals surface area contributed by atoms with Gasteiger partial charge in [-0.05, 0) is 44.0 Å². The number of aliphatic carboxylic acids is 1. The van der Waals surface area contributed by atoms with E-state index in [0.29, 0.717) is 44.0 Å². The molecule has 1 fully saturated rings. The molecule has 0 radical (unpaired) electrons. The number of nitrogens with zero attached hydrogens (tertiary/aromatic N) is 4. The number of carbonyl (C=O) groups excluding carboxylic acids is 1. The molecule has 1 saturated heterocycles. The van der Waals surface area contributed by atoms with E-state index in [0.717, 1.165) is 39.6 Å². The molecule has 4 heterocycles. The van der Waals surface area contributed by atoms with E-state index in [1.807, 2.05) is 47.9 Å². The van der Waals surface area contributed by atoms with Crippen LogP contribution < -0.4 is 0 Å². The molecule has 1 amide bonds. The number of benzene rings is 1. The van der Waals surface area contributed by atoms with Crippen LogP contribution in [-0.4, -0.2) is 81.1 Å². The van der Waals surface area contributed by atoms with Gasteiger partial charge in [0.1, 0.15) is 4.88 Å². The lowest BCUT2D eigenvalue weighted by Gasteiger charge is -2.44. The summed E-state index contributed by atoms with van der Waals surface area (Å²) >= 11 is 0.758. The number of aromatic nitrogens is 1. The van der Waals surface area contributed by atoms with Crippen molar-refractivity contribution in [3.8, 4) is 0 Å². The number of hydrogen-bond donors (Lipinski definition) is 1. The first-order valence-corrected chi connectivity index (χ1v) is 13.6. The first-order valence-electron chi connectivity index (χ1n) is 12.7. The molecule has 0 bridgehead atoms. The number of hydrogen-bond acceptors (Lipinski definition) is 5. The number of carboxylic acids is 1. The smallest absolute Gasteiger partial charge is 0.425 e. The predicted molar refractivity (Wildman–Crippen MR) is 139 cm³/mol. The minimum Gasteiger partial charge on any atom is -0.480 e. The minimum absolute atomic E-state index is 0.00835. The highest BCUT2D eigenvalue weighted by Gasteiger charge is 2.34. The van der Waals surface area contributed by atoms with Crippen LogP contribution >= 0.6 is 11.3 Å². The number of carboxylic acid groups (broad SMARTS) is 1. The molecule has 1 aromatic carbocycles. The fourth-order valence-electron chi connectivity index (χ4n) is 5.91. The van der Waals surface area contributed by atoms with E-state index in [9.17, 15) is 27.9 Å². The Labute approximate surface area is 223 Å². The van der Waals surface area contributed by atoms with Crippen molar-refractivity contribution in [1.29, 1.82) is 0 Å². The van der Waals surface area contributed by atoms with E-state index >= 15 is 0 Å². The van der Waals surface area contributed by atoms with Gasteiger partial charge in [0.05, 0.1) is 26.2 Å². The zero-order chi connectivity index (χ0) is 27.2. The number of carbonyl (C=O) groups is 2. The standard InChI is InChI=1S/C27H31F3N4O3S/c1-17-11-31(12-18(2)33(17)16-26(36)37)15-25(35)32-10-9-21-20-5-3-4-6-22(20)34(23(21)14-32)13-19-7-8-24(38-19)27(28,29)30/h3-8,17-18H,9-16H2,1-2H3,(H,36,37)/t17-,18+. The van der Waals surface area contributed by atoms with Gasteiger partial charge in [-0.3, -0.25) is 19.4 Å². The van der Waals surface area contributed by atoms with E-state index in [2.05, 4.69) is 9.47 Å². The molecule has 7 nitrogen and oxygen atoms in total. The fourth-order valence-corrected chi connectivity index (χ4v) is 6.78. The molecular weight excluding hydrogens is 517 g/mol. The maximum Gasteiger partial charge on any atom is 0.425 e. The number of thiophene rings is 1. The molecule has 0 unspecified atom stereocenters. The maximum atomic E-state index is 13.4. The Morgan fingerprint density at radius 1 is 1.05 bits per heavy atom. The van der Waals surface area contributed by atoms with Crippen LogP contribution in [0.4, 0.5) is 13.2 Å². The van der Waals surface area contributed by atoms with Gasteiger partial charge in [-0.1, -0.05) is 18.2 Å². The summed E-state index contributed by atoms with van der Waals surface area (Å²) in [5.41, 5.74) is 3.09. The largest absolute Gasteiger partial charge is 0.480 e. The van der Waals surface area contributed by atoms with Crippen LogP contribution in [0.15, 0.2) is 36.4 Å². The van der Waals surface area contributed by atoms with Crippen molar-refractivity contribution in [2.45, 2.75) is 51.6 Å². The maximum absolute atomic E-state index is 13.4. The second-order valence-corrected chi connectivity index (χ2v) is 11.5. The van der Waals surface area contributed by atoms with Gasteiger partial charge < -0.3 is 14.6 Å². The third-order valence-corrected chi connectivity index (χ3v) is 8.74. The Morgan fingerprint density at radius 3 is 2.42 bits per heavy atom. The molecule has 1 N–H and O–H groups in total. The van der Waals surface area contributed by atoms with Crippen LogP contribution in [0, 0.1) is 0 Å². The number of fused-ring (bicyclic) bond motifs is 3. The number of piperazine rings is 1. The molecule has 2 aliphatic heterocycles. The van der Waals surface area contributed by atoms with Gasteiger partial charge >= 0.3 is 12.1 Å². The highest BCUT2D eigenvalue weighted by Crippen LogP contribution is 2.37. The quantitative estimate of drug-likeness (QED) is 0.502. The van der Waals surface area contributed by atoms with Gasteiger partial charge in [-0.25, -0.2) is 0 Å². The van der Waals surface area contributed by atoms with Crippen molar-refractivity contribution in [2.24, 2.45) is 0 Å². The van der Waals surface area contributed by atoms with Gasteiger partial charge in [-0.2, -0.15) is 13.2 Å². The van der Waals surface area contributed by atoms with Crippen molar-refractivity contribution in [3.63, 3.8) is 0 Å². The average molecular weight is 549 g/mol.